The second-order valence-corrected chi connectivity index (χ2v) is 7.88. The molecule has 3 atom stereocenters. The van der Waals surface area contributed by atoms with Crippen LogP contribution in [0, 0.1) is 10.1 Å². The zero-order valence-electron chi connectivity index (χ0n) is 16.1. The van der Waals surface area contributed by atoms with Crippen LogP contribution in [0.2, 0.25) is 0 Å². The highest BCUT2D eigenvalue weighted by atomic mass is 16.6. The first-order chi connectivity index (χ1) is 13.6. The number of nitrogens with one attached hydrogen (secondary N) is 1. The van der Waals surface area contributed by atoms with Crippen LogP contribution in [0.1, 0.15) is 32.1 Å². The number of morpholine rings is 1. The lowest BCUT2D eigenvalue weighted by Crippen LogP contribution is -2.57. The first kappa shape index (κ1) is 19.3. The maximum atomic E-state index is 13.0. The minimum absolute atomic E-state index is 0.0152. The molecule has 28 heavy (non-hydrogen) atoms. The maximum absolute atomic E-state index is 13.0. The Hall–Kier alpha value is -2.03. The van der Waals surface area contributed by atoms with Crippen molar-refractivity contribution < 1.29 is 14.5 Å². The van der Waals surface area contributed by atoms with Gasteiger partial charge in [0.05, 0.1) is 29.9 Å². The van der Waals surface area contributed by atoms with Gasteiger partial charge in [0.2, 0.25) is 5.91 Å². The Balaban J connectivity index is 1.43. The Labute approximate surface area is 165 Å². The van der Waals surface area contributed by atoms with Crippen molar-refractivity contribution in [3.05, 3.63) is 34.4 Å². The molecule has 3 aliphatic rings. The standard InChI is InChI=1S/C20H28N4O4/c25-20-18(8-9-23(20)15-4-3-5-16(14-15)24(26)27)21-17-6-1-2-7-19(17)22-10-12-28-13-11-22/h3-5,14,17-19,21H,1-2,6-13H2/t17-,18+,19+/m0/s1. The summed E-state index contributed by atoms with van der Waals surface area (Å²) in [6, 6.07) is 6.89. The Kier molecular flexibility index (Phi) is 5.89. The minimum Gasteiger partial charge on any atom is -0.379 e. The summed E-state index contributed by atoms with van der Waals surface area (Å²) in [5.41, 5.74) is 0.623. The molecule has 0 unspecified atom stereocenters. The van der Waals surface area contributed by atoms with Crippen LogP contribution in [0.4, 0.5) is 11.4 Å². The van der Waals surface area contributed by atoms with Gasteiger partial charge in [0.25, 0.3) is 5.69 Å². The number of nitro benzene ring substituents is 1. The van der Waals surface area contributed by atoms with Crippen molar-refractivity contribution in [3.63, 3.8) is 0 Å². The fourth-order valence-corrected chi connectivity index (χ4v) is 4.78. The summed E-state index contributed by atoms with van der Waals surface area (Å²) in [6.45, 7) is 4.08. The topological polar surface area (TPSA) is 88.0 Å². The number of ether oxygens (including phenoxy) is 1. The van der Waals surface area contributed by atoms with Gasteiger partial charge in [-0.15, -0.1) is 0 Å². The molecule has 2 heterocycles. The number of non-ortho nitro benzene ring substituents is 1. The Morgan fingerprint density at radius 1 is 1.11 bits per heavy atom. The molecule has 1 aromatic rings. The summed E-state index contributed by atoms with van der Waals surface area (Å²) >= 11 is 0. The molecule has 8 heteroatoms. The number of amides is 1. The quantitative estimate of drug-likeness (QED) is 0.613. The molecule has 0 radical (unpaired) electrons. The molecule has 3 fully saturated rings. The highest BCUT2D eigenvalue weighted by Crippen LogP contribution is 2.28. The Morgan fingerprint density at radius 3 is 2.68 bits per heavy atom. The summed E-state index contributed by atoms with van der Waals surface area (Å²) < 4.78 is 5.49. The van der Waals surface area contributed by atoms with Crippen LogP contribution >= 0.6 is 0 Å². The summed E-state index contributed by atoms with van der Waals surface area (Å²) in [6.07, 6.45) is 5.40. The van der Waals surface area contributed by atoms with Gasteiger partial charge >= 0.3 is 0 Å². The molecular formula is C20H28N4O4. The number of anilines is 1. The SMILES string of the molecule is O=C1[C@H](N[C@H]2CCCC[C@H]2N2CCOCC2)CCN1c1cccc([N+](=O)[O-])c1. The minimum atomic E-state index is -0.422. The smallest absolute Gasteiger partial charge is 0.271 e. The van der Waals surface area contributed by atoms with Crippen LogP contribution < -0.4 is 10.2 Å². The van der Waals surface area contributed by atoms with Gasteiger partial charge in [-0.1, -0.05) is 18.9 Å². The third kappa shape index (κ3) is 4.04. The first-order valence-corrected chi connectivity index (χ1v) is 10.3. The van der Waals surface area contributed by atoms with Crippen molar-refractivity contribution in [1.82, 2.24) is 10.2 Å². The number of rotatable bonds is 5. The average Bonchev–Trinajstić information content (AvgIpc) is 3.09. The molecule has 1 amide bonds. The van der Waals surface area contributed by atoms with E-state index in [0.29, 0.717) is 24.3 Å². The average molecular weight is 388 g/mol. The molecule has 2 aliphatic heterocycles. The second kappa shape index (κ2) is 8.55. The van der Waals surface area contributed by atoms with Crippen molar-refractivity contribution in [2.75, 3.05) is 37.7 Å². The summed E-state index contributed by atoms with van der Waals surface area (Å²) in [5, 5.41) is 14.7. The lowest BCUT2D eigenvalue weighted by atomic mass is 9.88. The van der Waals surface area contributed by atoms with Crippen molar-refractivity contribution in [2.45, 2.75) is 50.2 Å². The fraction of sp³-hybridized carbons (Fsp3) is 0.650. The van der Waals surface area contributed by atoms with Crippen LogP contribution in [-0.2, 0) is 9.53 Å². The van der Waals surface area contributed by atoms with E-state index in [2.05, 4.69) is 10.2 Å². The zero-order valence-corrected chi connectivity index (χ0v) is 16.1. The molecule has 1 aliphatic carbocycles. The number of benzene rings is 1. The van der Waals surface area contributed by atoms with E-state index >= 15 is 0 Å². The first-order valence-electron chi connectivity index (χ1n) is 10.3. The van der Waals surface area contributed by atoms with Gasteiger partial charge in [-0.25, -0.2) is 0 Å². The number of carbonyl (C=O) groups excluding carboxylic acids is 1. The number of hydrogen-bond acceptors (Lipinski definition) is 6. The molecule has 1 N–H and O–H groups in total. The van der Waals surface area contributed by atoms with Crippen LogP contribution in [0.25, 0.3) is 0 Å². The number of nitro groups is 1. The monoisotopic (exact) mass is 388 g/mol. The van der Waals surface area contributed by atoms with Crippen LogP contribution in [0.3, 0.4) is 0 Å². The highest BCUT2D eigenvalue weighted by molar-refractivity contribution is 5.99. The van der Waals surface area contributed by atoms with E-state index in [1.165, 1.54) is 25.0 Å². The van der Waals surface area contributed by atoms with Gasteiger partial charge in [0, 0.05) is 43.9 Å². The molecule has 1 saturated carbocycles. The summed E-state index contributed by atoms with van der Waals surface area (Å²) in [4.78, 5) is 27.8. The molecule has 2 saturated heterocycles. The Morgan fingerprint density at radius 2 is 1.89 bits per heavy atom. The predicted octanol–water partition coefficient (Wildman–Crippen LogP) is 1.93. The van der Waals surface area contributed by atoms with Crippen molar-refractivity contribution in [2.24, 2.45) is 0 Å². The zero-order chi connectivity index (χ0) is 19.5. The summed E-state index contributed by atoms with van der Waals surface area (Å²) in [7, 11) is 0. The largest absolute Gasteiger partial charge is 0.379 e. The van der Waals surface area contributed by atoms with Gasteiger partial charge in [-0.3, -0.25) is 19.8 Å². The predicted molar refractivity (Wildman–Crippen MR) is 105 cm³/mol. The maximum Gasteiger partial charge on any atom is 0.271 e. The van der Waals surface area contributed by atoms with Gasteiger partial charge in [-0.05, 0) is 25.3 Å². The molecule has 0 spiro atoms. The molecule has 1 aromatic carbocycles. The van der Waals surface area contributed by atoms with Gasteiger partial charge in [0.1, 0.15) is 0 Å². The van der Waals surface area contributed by atoms with E-state index in [4.69, 9.17) is 4.74 Å². The Bertz CT molecular complexity index is 722. The van der Waals surface area contributed by atoms with Crippen molar-refractivity contribution in [1.29, 1.82) is 0 Å². The van der Waals surface area contributed by atoms with E-state index in [9.17, 15) is 14.9 Å². The molecule has 0 bridgehead atoms. The molecule has 0 aromatic heterocycles. The van der Waals surface area contributed by atoms with Crippen molar-refractivity contribution in [3.8, 4) is 0 Å². The van der Waals surface area contributed by atoms with Gasteiger partial charge < -0.3 is 15.0 Å². The molecule has 8 nitrogen and oxygen atoms in total. The van der Waals surface area contributed by atoms with E-state index in [1.54, 1.807) is 17.0 Å². The van der Waals surface area contributed by atoms with E-state index in [1.807, 2.05) is 0 Å². The lowest BCUT2D eigenvalue weighted by molar-refractivity contribution is -0.384. The number of carbonyl (C=O) groups is 1. The second-order valence-electron chi connectivity index (χ2n) is 7.88. The lowest BCUT2D eigenvalue weighted by Gasteiger charge is -2.42. The number of nitrogens with zero attached hydrogens (tertiary/aromatic N) is 3. The molecule has 4 rings (SSSR count). The highest BCUT2D eigenvalue weighted by Gasteiger charge is 2.38. The fourth-order valence-electron chi connectivity index (χ4n) is 4.78. The van der Waals surface area contributed by atoms with Crippen molar-refractivity contribution >= 4 is 17.3 Å². The van der Waals surface area contributed by atoms with E-state index in [-0.39, 0.29) is 17.6 Å². The van der Waals surface area contributed by atoms with E-state index < -0.39 is 4.92 Å². The van der Waals surface area contributed by atoms with Gasteiger partial charge in [-0.2, -0.15) is 0 Å². The third-order valence-electron chi connectivity index (χ3n) is 6.22. The van der Waals surface area contributed by atoms with Gasteiger partial charge in [0.15, 0.2) is 0 Å². The van der Waals surface area contributed by atoms with E-state index in [0.717, 1.165) is 45.6 Å². The summed E-state index contributed by atoms with van der Waals surface area (Å²) in [5.74, 6) is 0.0202. The van der Waals surface area contributed by atoms with Crippen LogP contribution in [0.5, 0.6) is 0 Å². The molecule has 152 valence electrons. The molecular weight excluding hydrogens is 360 g/mol. The normalized spacial score (nSPS) is 29.2. The van der Waals surface area contributed by atoms with Crippen LogP contribution in [-0.4, -0.2) is 66.7 Å². The van der Waals surface area contributed by atoms with Crippen LogP contribution in [0.15, 0.2) is 24.3 Å². The third-order valence-corrected chi connectivity index (χ3v) is 6.22. The number of hydrogen-bond donors (Lipinski definition) is 1.